The summed E-state index contributed by atoms with van der Waals surface area (Å²) in [6.07, 6.45) is 1.74. The van der Waals surface area contributed by atoms with Gasteiger partial charge in [-0.05, 0) is 31.0 Å². The summed E-state index contributed by atoms with van der Waals surface area (Å²) in [5.41, 5.74) is 7.94. The Morgan fingerprint density at radius 3 is 3.00 bits per heavy atom. The number of nitrogens with zero attached hydrogens (tertiary/aromatic N) is 3. The van der Waals surface area contributed by atoms with Crippen LogP contribution in [0.15, 0.2) is 28.7 Å². The van der Waals surface area contributed by atoms with E-state index in [-0.39, 0.29) is 6.10 Å². The molecule has 1 fully saturated rings. The number of nitriles is 1. The van der Waals surface area contributed by atoms with Crippen LogP contribution in [0.2, 0.25) is 0 Å². The fourth-order valence-corrected chi connectivity index (χ4v) is 2.77. The number of halogens is 1. The lowest BCUT2D eigenvalue weighted by Crippen LogP contribution is -2.03. The van der Waals surface area contributed by atoms with Crippen molar-refractivity contribution in [2.75, 3.05) is 12.3 Å². The summed E-state index contributed by atoms with van der Waals surface area (Å²) in [5, 5.41) is 13.8. The summed E-state index contributed by atoms with van der Waals surface area (Å²) in [7, 11) is 0. The summed E-state index contributed by atoms with van der Waals surface area (Å²) < 4.78 is 8.15. The van der Waals surface area contributed by atoms with Crippen molar-refractivity contribution in [2.24, 2.45) is 0 Å². The molecule has 0 bridgehead atoms. The van der Waals surface area contributed by atoms with E-state index in [9.17, 15) is 5.26 Å². The molecule has 2 aromatic rings. The van der Waals surface area contributed by atoms with E-state index in [1.54, 1.807) is 4.68 Å². The van der Waals surface area contributed by atoms with E-state index >= 15 is 0 Å². The molecule has 0 radical (unpaired) electrons. The minimum atomic E-state index is -0.125. The zero-order chi connectivity index (χ0) is 14.1. The molecule has 0 spiro atoms. The Kier molecular flexibility index (Phi) is 3.47. The van der Waals surface area contributed by atoms with Crippen LogP contribution in [0.3, 0.4) is 0 Å². The van der Waals surface area contributed by atoms with Crippen LogP contribution >= 0.6 is 15.9 Å². The highest BCUT2D eigenvalue weighted by atomic mass is 79.9. The molecule has 3 rings (SSSR count). The van der Waals surface area contributed by atoms with E-state index in [4.69, 9.17) is 10.5 Å². The first-order chi connectivity index (χ1) is 9.70. The van der Waals surface area contributed by atoms with Crippen molar-refractivity contribution in [3.63, 3.8) is 0 Å². The smallest absolute Gasteiger partial charge is 0.145 e. The minimum Gasteiger partial charge on any atom is -0.382 e. The van der Waals surface area contributed by atoms with Crippen LogP contribution in [0.4, 0.5) is 5.82 Å². The number of hydrogen-bond acceptors (Lipinski definition) is 4. The number of benzene rings is 1. The van der Waals surface area contributed by atoms with Gasteiger partial charge in [0.05, 0.1) is 5.69 Å². The lowest BCUT2D eigenvalue weighted by Gasteiger charge is -2.05. The average Bonchev–Trinajstić information content (AvgIpc) is 3.05. The SMILES string of the molecule is N#Cc1c(C2CCCO2)nn(-c2cccc(Br)c2)c1N. The molecule has 2 N–H and O–H groups in total. The van der Waals surface area contributed by atoms with Gasteiger partial charge in [0.25, 0.3) is 0 Å². The standard InChI is InChI=1S/C14H13BrN4O/c15-9-3-1-4-10(7-9)19-14(17)11(8-16)13(18-19)12-5-2-6-20-12/h1,3-4,7,12H,2,5-6,17H2. The van der Waals surface area contributed by atoms with Crippen molar-refractivity contribution < 1.29 is 4.74 Å². The van der Waals surface area contributed by atoms with E-state index in [1.165, 1.54) is 0 Å². The molecule has 5 nitrogen and oxygen atoms in total. The van der Waals surface area contributed by atoms with Crippen molar-refractivity contribution in [1.82, 2.24) is 9.78 Å². The van der Waals surface area contributed by atoms with Gasteiger partial charge in [-0.3, -0.25) is 0 Å². The average molecular weight is 333 g/mol. The van der Waals surface area contributed by atoms with E-state index in [1.807, 2.05) is 24.3 Å². The lowest BCUT2D eigenvalue weighted by atomic mass is 10.1. The number of nitrogens with two attached hydrogens (primary N) is 1. The molecule has 1 aromatic carbocycles. The molecule has 0 amide bonds. The number of aromatic nitrogens is 2. The summed E-state index contributed by atoms with van der Waals surface area (Å²) >= 11 is 3.42. The molecular formula is C14H13BrN4O. The summed E-state index contributed by atoms with van der Waals surface area (Å²) in [5.74, 6) is 0.358. The quantitative estimate of drug-likeness (QED) is 0.917. The maximum atomic E-state index is 9.33. The topological polar surface area (TPSA) is 76.9 Å². The summed E-state index contributed by atoms with van der Waals surface area (Å²) in [4.78, 5) is 0. The Hall–Kier alpha value is -1.84. The molecule has 0 aliphatic carbocycles. The third-order valence-corrected chi connectivity index (χ3v) is 3.84. The second-order valence-electron chi connectivity index (χ2n) is 4.65. The van der Waals surface area contributed by atoms with Crippen molar-refractivity contribution in [3.8, 4) is 11.8 Å². The van der Waals surface area contributed by atoms with E-state index in [0.29, 0.717) is 23.7 Å². The van der Waals surface area contributed by atoms with Crippen molar-refractivity contribution in [1.29, 1.82) is 5.26 Å². The van der Waals surface area contributed by atoms with Gasteiger partial charge in [-0.25, -0.2) is 4.68 Å². The Bertz CT molecular complexity index is 683. The van der Waals surface area contributed by atoms with Gasteiger partial charge < -0.3 is 10.5 Å². The molecular weight excluding hydrogens is 320 g/mol. The van der Waals surface area contributed by atoms with Gasteiger partial charge in [0.1, 0.15) is 29.2 Å². The Labute approximate surface area is 125 Å². The molecule has 1 aliphatic rings. The highest BCUT2D eigenvalue weighted by Crippen LogP contribution is 2.33. The maximum Gasteiger partial charge on any atom is 0.145 e. The number of hydrogen-bond donors (Lipinski definition) is 1. The van der Waals surface area contributed by atoms with Crippen LogP contribution in [0.25, 0.3) is 5.69 Å². The first-order valence-corrected chi connectivity index (χ1v) is 7.16. The molecule has 0 saturated carbocycles. The van der Waals surface area contributed by atoms with Crippen LogP contribution in [-0.2, 0) is 4.74 Å². The monoisotopic (exact) mass is 332 g/mol. The highest BCUT2D eigenvalue weighted by Gasteiger charge is 2.27. The number of anilines is 1. The predicted molar refractivity (Wildman–Crippen MR) is 78.3 cm³/mol. The number of rotatable bonds is 2. The van der Waals surface area contributed by atoms with Crippen molar-refractivity contribution in [2.45, 2.75) is 18.9 Å². The molecule has 6 heteroatoms. The molecule has 1 aliphatic heterocycles. The van der Waals surface area contributed by atoms with E-state index in [0.717, 1.165) is 23.0 Å². The van der Waals surface area contributed by atoms with Gasteiger partial charge in [0, 0.05) is 11.1 Å². The zero-order valence-corrected chi connectivity index (χ0v) is 12.3. The number of ether oxygens (including phenoxy) is 1. The van der Waals surface area contributed by atoms with E-state index < -0.39 is 0 Å². The van der Waals surface area contributed by atoms with Crippen LogP contribution in [0.1, 0.15) is 30.2 Å². The third kappa shape index (κ3) is 2.19. The van der Waals surface area contributed by atoms with Gasteiger partial charge in [0.15, 0.2) is 0 Å². The first-order valence-electron chi connectivity index (χ1n) is 6.36. The van der Waals surface area contributed by atoms with Crippen LogP contribution in [-0.4, -0.2) is 16.4 Å². The highest BCUT2D eigenvalue weighted by molar-refractivity contribution is 9.10. The van der Waals surface area contributed by atoms with Gasteiger partial charge in [-0.1, -0.05) is 22.0 Å². The summed E-state index contributed by atoms with van der Waals surface area (Å²) in [6.45, 7) is 0.708. The fraction of sp³-hybridized carbons (Fsp3) is 0.286. The molecule has 102 valence electrons. The van der Waals surface area contributed by atoms with E-state index in [2.05, 4.69) is 27.1 Å². The second-order valence-corrected chi connectivity index (χ2v) is 5.57. The number of nitrogen functional groups attached to an aromatic ring is 1. The Balaban J connectivity index is 2.11. The molecule has 1 unspecified atom stereocenters. The molecule has 1 atom stereocenters. The lowest BCUT2D eigenvalue weighted by molar-refractivity contribution is 0.108. The van der Waals surface area contributed by atoms with Crippen LogP contribution in [0, 0.1) is 11.3 Å². The van der Waals surface area contributed by atoms with Gasteiger partial charge >= 0.3 is 0 Å². The maximum absolute atomic E-state index is 9.33. The molecule has 1 aromatic heterocycles. The van der Waals surface area contributed by atoms with Crippen molar-refractivity contribution in [3.05, 3.63) is 40.0 Å². The van der Waals surface area contributed by atoms with Gasteiger partial charge in [0.2, 0.25) is 0 Å². The predicted octanol–water partition coefficient (Wildman–Crippen LogP) is 2.94. The van der Waals surface area contributed by atoms with Gasteiger partial charge in [-0.2, -0.15) is 10.4 Å². The van der Waals surface area contributed by atoms with Gasteiger partial charge in [-0.15, -0.1) is 0 Å². The largest absolute Gasteiger partial charge is 0.382 e. The Morgan fingerprint density at radius 2 is 2.35 bits per heavy atom. The molecule has 20 heavy (non-hydrogen) atoms. The van der Waals surface area contributed by atoms with Crippen molar-refractivity contribution >= 4 is 21.7 Å². The van der Waals surface area contributed by atoms with Crippen LogP contribution in [0.5, 0.6) is 0 Å². The zero-order valence-electron chi connectivity index (χ0n) is 10.7. The summed E-state index contributed by atoms with van der Waals surface area (Å²) in [6, 6.07) is 9.78. The van der Waals surface area contributed by atoms with Crippen LogP contribution < -0.4 is 5.73 Å². The Morgan fingerprint density at radius 1 is 1.50 bits per heavy atom. The normalized spacial score (nSPS) is 18.1. The third-order valence-electron chi connectivity index (χ3n) is 3.35. The second kappa shape index (κ2) is 5.27. The molecule has 1 saturated heterocycles. The molecule has 2 heterocycles. The minimum absolute atomic E-state index is 0.125. The first kappa shape index (κ1) is 13.2. The fourth-order valence-electron chi connectivity index (χ4n) is 2.39.